The molecule has 0 fully saturated rings. The van der Waals surface area contributed by atoms with Crippen molar-refractivity contribution < 1.29 is 0 Å². The van der Waals surface area contributed by atoms with Crippen LogP contribution >= 0.6 is 0 Å². The molecule has 6 nitrogen and oxygen atoms in total. The summed E-state index contributed by atoms with van der Waals surface area (Å²) in [6.07, 6.45) is 3.73. The van der Waals surface area contributed by atoms with Gasteiger partial charge in [-0.15, -0.1) is 0 Å². The zero-order chi connectivity index (χ0) is 37.0. The van der Waals surface area contributed by atoms with Gasteiger partial charge in [0.2, 0.25) is 5.95 Å². The average Bonchev–Trinajstić information content (AvgIpc) is 3.79. The summed E-state index contributed by atoms with van der Waals surface area (Å²) in [4.78, 5) is 19.8. The van der Waals surface area contributed by atoms with Crippen LogP contribution in [-0.4, -0.2) is 29.1 Å². The van der Waals surface area contributed by atoms with Gasteiger partial charge in [-0.2, -0.15) is 0 Å². The van der Waals surface area contributed by atoms with Crippen molar-refractivity contribution in [1.82, 2.24) is 29.1 Å². The summed E-state index contributed by atoms with van der Waals surface area (Å²) < 4.78 is 4.51. The van der Waals surface area contributed by atoms with Crippen LogP contribution in [0.5, 0.6) is 0 Å². The third-order valence-electron chi connectivity index (χ3n) is 10.7. The Balaban J connectivity index is 1.01. The zero-order valence-electron chi connectivity index (χ0n) is 30.2. The Morgan fingerprint density at radius 3 is 1.39 bits per heavy atom. The Labute approximate surface area is 322 Å². The van der Waals surface area contributed by atoms with Crippen LogP contribution in [0.4, 0.5) is 0 Å². The third-order valence-corrected chi connectivity index (χ3v) is 10.7. The molecule has 0 aliphatic carbocycles. The van der Waals surface area contributed by atoms with Gasteiger partial charge in [-0.05, 0) is 65.7 Å². The SMILES string of the molecule is c1ccc(-c2cc(-c3cnc(-n4c5ccccc5c5cc(-c6ccc7c(c6)c6ccccc6n7-c6ccccc6)ccc54)nc3)nc(-c3ccccc3)n2)cc1. The van der Waals surface area contributed by atoms with Gasteiger partial charge in [-0.1, -0.05) is 127 Å². The second-order valence-corrected chi connectivity index (χ2v) is 14.0. The molecule has 0 spiro atoms. The predicted octanol–water partition coefficient (Wildman–Crippen LogP) is 12.1. The second kappa shape index (κ2) is 13.0. The van der Waals surface area contributed by atoms with Crippen molar-refractivity contribution >= 4 is 43.6 Å². The minimum atomic E-state index is 0.600. The summed E-state index contributed by atoms with van der Waals surface area (Å²) in [7, 11) is 0. The van der Waals surface area contributed by atoms with E-state index in [9.17, 15) is 0 Å². The zero-order valence-corrected chi connectivity index (χ0v) is 30.2. The van der Waals surface area contributed by atoms with E-state index in [2.05, 4.69) is 137 Å². The van der Waals surface area contributed by atoms with E-state index in [0.29, 0.717) is 11.8 Å². The summed E-state index contributed by atoms with van der Waals surface area (Å²) in [6.45, 7) is 0. The molecule has 0 aliphatic heterocycles. The summed E-state index contributed by atoms with van der Waals surface area (Å²) in [5, 5.41) is 4.76. The van der Waals surface area contributed by atoms with Gasteiger partial charge in [0.15, 0.2) is 5.82 Å². The van der Waals surface area contributed by atoms with Gasteiger partial charge < -0.3 is 4.57 Å². The quantitative estimate of drug-likeness (QED) is 0.172. The van der Waals surface area contributed by atoms with Crippen molar-refractivity contribution in [2.45, 2.75) is 0 Å². The minimum absolute atomic E-state index is 0.600. The molecule has 262 valence electrons. The van der Waals surface area contributed by atoms with E-state index in [1.807, 2.05) is 67.0 Å². The Bertz CT molecular complexity index is 3160. The smallest absolute Gasteiger partial charge is 0.234 e. The Morgan fingerprint density at radius 2 is 0.786 bits per heavy atom. The standard InChI is InChI=1S/C50H32N6/c1-4-14-33(15-5-1)43-30-44(54-49(53-43)34-16-6-2-7-17-34)37-31-51-50(52-32-37)56-46-23-13-11-21-40(46)42-29-36(25-27-48(42)56)35-24-26-47-41(28-35)39-20-10-12-22-45(39)55(47)38-18-8-3-9-19-38/h1-32H. The molecule has 4 aromatic heterocycles. The molecule has 7 aromatic carbocycles. The molecular formula is C50H32N6. The number of para-hydroxylation sites is 3. The molecule has 56 heavy (non-hydrogen) atoms. The van der Waals surface area contributed by atoms with E-state index in [1.54, 1.807) is 0 Å². The van der Waals surface area contributed by atoms with Crippen molar-refractivity contribution in [3.8, 4) is 56.7 Å². The summed E-state index contributed by atoms with van der Waals surface area (Å²) in [6, 6.07) is 63.5. The molecule has 0 saturated heterocycles. The van der Waals surface area contributed by atoms with Crippen molar-refractivity contribution in [3.63, 3.8) is 0 Å². The highest BCUT2D eigenvalue weighted by Crippen LogP contribution is 2.38. The van der Waals surface area contributed by atoms with E-state index in [4.69, 9.17) is 19.9 Å². The summed E-state index contributed by atoms with van der Waals surface area (Å²) in [5.74, 6) is 1.26. The topological polar surface area (TPSA) is 61.4 Å². The van der Waals surface area contributed by atoms with Crippen molar-refractivity contribution in [2.24, 2.45) is 0 Å². The molecule has 0 atom stereocenters. The van der Waals surface area contributed by atoms with E-state index in [0.717, 1.165) is 61.1 Å². The first kappa shape index (κ1) is 31.8. The molecule has 6 heteroatoms. The van der Waals surface area contributed by atoms with Gasteiger partial charge in [0.25, 0.3) is 0 Å². The maximum Gasteiger partial charge on any atom is 0.234 e. The maximum absolute atomic E-state index is 4.98. The minimum Gasteiger partial charge on any atom is -0.309 e. The molecule has 0 bridgehead atoms. The number of hydrogen-bond acceptors (Lipinski definition) is 4. The molecule has 0 saturated carbocycles. The van der Waals surface area contributed by atoms with Crippen LogP contribution in [0.3, 0.4) is 0 Å². The van der Waals surface area contributed by atoms with Crippen LogP contribution in [0, 0.1) is 0 Å². The molecule has 0 aliphatic rings. The summed E-state index contributed by atoms with van der Waals surface area (Å²) in [5.41, 5.74) is 12.4. The molecule has 0 N–H and O–H groups in total. The van der Waals surface area contributed by atoms with Crippen LogP contribution < -0.4 is 0 Å². The van der Waals surface area contributed by atoms with Crippen LogP contribution in [-0.2, 0) is 0 Å². The van der Waals surface area contributed by atoms with Crippen molar-refractivity contribution in [3.05, 3.63) is 194 Å². The fraction of sp³-hybridized carbons (Fsp3) is 0. The lowest BCUT2D eigenvalue weighted by molar-refractivity contribution is 0.988. The first-order chi connectivity index (χ1) is 27.8. The number of aromatic nitrogens is 6. The van der Waals surface area contributed by atoms with Gasteiger partial charge in [0, 0.05) is 56.3 Å². The third kappa shape index (κ3) is 5.27. The lowest BCUT2D eigenvalue weighted by atomic mass is 10.0. The van der Waals surface area contributed by atoms with Crippen LogP contribution in [0.1, 0.15) is 0 Å². The fourth-order valence-electron chi connectivity index (χ4n) is 8.01. The average molecular weight is 717 g/mol. The largest absolute Gasteiger partial charge is 0.309 e. The fourth-order valence-corrected chi connectivity index (χ4v) is 8.01. The Kier molecular flexibility index (Phi) is 7.38. The van der Waals surface area contributed by atoms with Crippen LogP contribution in [0.15, 0.2) is 194 Å². The van der Waals surface area contributed by atoms with Gasteiger partial charge in [-0.3, -0.25) is 4.57 Å². The monoisotopic (exact) mass is 716 g/mol. The van der Waals surface area contributed by atoms with Crippen LogP contribution in [0.2, 0.25) is 0 Å². The predicted molar refractivity (Wildman–Crippen MR) is 228 cm³/mol. The van der Waals surface area contributed by atoms with Gasteiger partial charge in [-0.25, -0.2) is 19.9 Å². The molecule has 4 heterocycles. The second-order valence-electron chi connectivity index (χ2n) is 14.0. The molecule has 0 unspecified atom stereocenters. The Hall–Kier alpha value is -7.70. The van der Waals surface area contributed by atoms with Crippen molar-refractivity contribution in [2.75, 3.05) is 0 Å². The van der Waals surface area contributed by atoms with Crippen molar-refractivity contribution in [1.29, 1.82) is 0 Å². The van der Waals surface area contributed by atoms with Gasteiger partial charge >= 0.3 is 0 Å². The van der Waals surface area contributed by atoms with Crippen LogP contribution in [0.25, 0.3) is 100 Å². The summed E-state index contributed by atoms with van der Waals surface area (Å²) >= 11 is 0. The number of nitrogens with zero attached hydrogens (tertiary/aromatic N) is 6. The highest BCUT2D eigenvalue weighted by atomic mass is 15.1. The first-order valence-electron chi connectivity index (χ1n) is 18.7. The highest BCUT2D eigenvalue weighted by molar-refractivity contribution is 6.12. The maximum atomic E-state index is 4.98. The van der Waals surface area contributed by atoms with E-state index < -0.39 is 0 Å². The normalized spacial score (nSPS) is 11.6. The van der Waals surface area contributed by atoms with E-state index in [-0.39, 0.29) is 0 Å². The Morgan fingerprint density at radius 1 is 0.321 bits per heavy atom. The molecule has 11 rings (SSSR count). The lowest BCUT2D eigenvalue weighted by Crippen LogP contribution is -2.02. The lowest BCUT2D eigenvalue weighted by Gasteiger charge is -2.10. The number of hydrogen-bond donors (Lipinski definition) is 0. The van der Waals surface area contributed by atoms with Gasteiger partial charge in [0.1, 0.15) is 0 Å². The van der Waals surface area contributed by atoms with E-state index >= 15 is 0 Å². The molecular weight excluding hydrogens is 685 g/mol. The molecule has 11 aromatic rings. The first-order valence-corrected chi connectivity index (χ1v) is 18.7. The number of benzene rings is 7. The highest BCUT2D eigenvalue weighted by Gasteiger charge is 2.18. The van der Waals surface area contributed by atoms with E-state index in [1.165, 1.54) is 27.4 Å². The molecule has 0 amide bonds. The number of rotatable bonds is 6. The van der Waals surface area contributed by atoms with Gasteiger partial charge in [0.05, 0.1) is 33.5 Å². The number of fused-ring (bicyclic) bond motifs is 6. The molecule has 0 radical (unpaired) electrons.